The number of hydrogen-bond acceptors (Lipinski definition) is 4. The number of benzene rings is 1. The molecule has 0 aliphatic carbocycles. The van der Waals surface area contributed by atoms with Crippen LogP contribution in [-0.2, 0) is 11.3 Å². The van der Waals surface area contributed by atoms with Crippen LogP contribution in [0.15, 0.2) is 48.7 Å². The van der Waals surface area contributed by atoms with Crippen LogP contribution >= 0.6 is 11.8 Å². The van der Waals surface area contributed by atoms with Gasteiger partial charge in [0.05, 0.1) is 0 Å². The summed E-state index contributed by atoms with van der Waals surface area (Å²) in [7, 11) is 0. The van der Waals surface area contributed by atoms with Crippen molar-refractivity contribution in [1.29, 1.82) is 0 Å². The molecule has 2 aromatic rings. The second kappa shape index (κ2) is 7.61. The third-order valence-corrected chi connectivity index (χ3v) is 3.11. The molecule has 1 aromatic carbocycles. The van der Waals surface area contributed by atoms with Crippen LogP contribution in [-0.4, -0.2) is 22.7 Å². The molecule has 0 fully saturated rings. The number of nitrogens with zero attached hydrogens (tertiary/aromatic N) is 1. The fraction of sp³-hybridized carbons (Fsp3) is 0.200. The minimum Gasteiger partial charge on any atom is -0.481 e. The van der Waals surface area contributed by atoms with Gasteiger partial charge in [-0.1, -0.05) is 36.4 Å². The first kappa shape index (κ1) is 15.3. The fourth-order valence-electron chi connectivity index (χ4n) is 1.92. The van der Waals surface area contributed by atoms with E-state index in [1.807, 2.05) is 30.3 Å². The van der Waals surface area contributed by atoms with Gasteiger partial charge in [0, 0.05) is 18.3 Å². The lowest BCUT2D eigenvalue weighted by Gasteiger charge is -1.99. The van der Waals surface area contributed by atoms with Crippen molar-refractivity contribution < 1.29 is 14.6 Å². The van der Waals surface area contributed by atoms with Gasteiger partial charge in [-0.05, 0) is 23.4 Å². The highest BCUT2D eigenvalue weighted by Gasteiger charge is 2.30. The van der Waals surface area contributed by atoms with Crippen LogP contribution in [0.2, 0.25) is 0 Å². The van der Waals surface area contributed by atoms with E-state index in [0.29, 0.717) is 11.4 Å². The molecule has 0 radical (unpaired) electrons. The SMILES string of the molecule is ClNCc1ccccc1.O=C(O)C1COc2ncccc21. The van der Waals surface area contributed by atoms with Gasteiger partial charge in [0.25, 0.3) is 0 Å². The molecule has 1 unspecified atom stereocenters. The zero-order chi connectivity index (χ0) is 15.1. The molecule has 5 nitrogen and oxygen atoms in total. The van der Waals surface area contributed by atoms with Crippen LogP contribution in [0.1, 0.15) is 17.0 Å². The number of carbonyl (C=O) groups is 1. The first-order chi connectivity index (χ1) is 10.2. The molecule has 0 saturated carbocycles. The summed E-state index contributed by atoms with van der Waals surface area (Å²) in [5.74, 6) is -0.958. The Hall–Kier alpha value is -2.11. The number of carboxylic acid groups (broad SMARTS) is 1. The average molecular weight is 307 g/mol. The van der Waals surface area contributed by atoms with E-state index >= 15 is 0 Å². The number of aromatic nitrogens is 1. The van der Waals surface area contributed by atoms with E-state index in [1.54, 1.807) is 18.3 Å². The second-order valence-electron chi connectivity index (χ2n) is 4.40. The molecule has 0 spiro atoms. The molecular formula is C15H15ClN2O3. The molecule has 0 saturated heterocycles. The molecule has 1 aliphatic rings. The van der Waals surface area contributed by atoms with Crippen molar-refractivity contribution in [3.05, 3.63) is 59.8 Å². The maximum Gasteiger partial charge on any atom is 0.314 e. The van der Waals surface area contributed by atoms with E-state index in [0.717, 1.165) is 6.54 Å². The smallest absolute Gasteiger partial charge is 0.314 e. The fourth-order valence-corrected chi connectivity index (χ4v) is 2.07. The number of ether oxygens (including phenoxy) is 1. The topological polar surface area (TPSA) is 71.5 Å². The highest BCUT2D eigenvalue weighted by Crippen LogP contribution is 2.31. The Morgan fingerprint density at radius 2 is 2.10 bits per heavy atom. The van der Waals surface area contributed by atoms with Crippen molar-refractivity contribution in [2.24, 2.45) is 0 Å². The lowest BCUT2D eigenvalue weighted by molar-refractivity contribution is -0.138. The number of fused-ring (bicyclic) bond motifs is 1. The minimum absolute atomic E-state index is 0.196. The number of pyridine rings is 1. The summed E-state index contributed by atoms with van der Waals surface area (Å²) < 4.78 is 5.08. The molecule has 0 amide bonds. The normalized spacial score (nSPS) is 15.4. The summed E-state index contributed by atoms with van der Waals surface area (Å²) in [5, 5.41) is 8.75. The molecule has 21 heavy (non-hydrogen) atoms. The molecule has 2 N–H and O–H groups in total. The van der Waals surface area contributed by atoms with Crippen LogP contribution in [0.4, 0.5) is 0 Å². The molecule has 110 valence electrons. The van der Waals surface area contributed by atoms with E-state index in [-0.39, 0.29) is 6.61 Å². The van der Waals surface area contributed by atoms with E-state index < -0.39 is 11.9 Å². The lowest BCUT2D eigenvalue weighted by Crippen LogP contribution is -2.12. The standard InChI is InChI=1S/C8H7NO3.C7H8ClN/c10-8(11)6-4-12-7-5(6)2-1-3-9-7;8-9-6-7-4-2-1-3-5-7/h1-3,6H,4H2,(H,10,11);1-5,9H,6H2. The number of halogens is 1. The van der Waals surface area contributed by atoms with Crippen molar-refractivity contribution in [2.75, 3.05) is 6.61 Å². The van der Waals surface area contributed by atoms with Gasteiger partial charge in [-0.15, -0.1) is 0 Å². The maximum atomic E-state index is 10.7. The van der Waals surface area contributed by atoms with Crippen LogP contribution in [0.3, 0.4) is 0 Å². The summed E-state index contributed by atoms with van der Waals surface area (Å²) >= 11 is 5.29. The maximum absolute atomic E-state index is 10.7. The van der Waals surface area contributed by atoms with Gasteiger partial charge in [-0.3, -0.25) is 4.79 Å². The monoisotopic (exact) mass is 306 g/mol. The van der Waals surface area contributed by atoms with Gasteiger partial charge < -0.3 is 9.84 Å². The first-order valence-electron chi connectivity index (χ1n) is 6.40. The number of hydrogen-bond donors (Lipinski definition) is 2. The van der Waals surface area contributed by atoms with Crippen LogP contribution in [0, 0.1) is 0 Å². The zero-order valence-electron chi connectivity index (χ0n) is 11.2. The molecule has 1 aliphatic heterocycles. The van der Waals surface area contributed by atoms with Gasteiger partial charge in [-0.2, -0.15) is 0 Å². The summed E-state index contributed by atoms with van der Waals surface area (Å²) in [6.07, 6.45) is 1.59. The van der Waals surface area contributed by atoms with Crippen molar-refractivity contribution in [1.82, 2.24) is 9.82 Å². The number of nitrogens with one attached hydrogen (secondary N) is 1. The van der Waals surface area contributed by atoms with E-state index in [1.165, 1.54) is 5.56 Å². The number of aliphatic carboxylic acids is 1. The number of rotatable bonds is 3. The summed E-state index contributed by atoms with van der Waals surface area (Å²) in [6.45, 7) is 0.921. The van der Waals surface area contributed by atoms with Gasteiger partial charge in [0.15, 0.2) is 0 Å². The van der Waals surface area contributed by atoms with E-state index in [9.17, 15) is 4.79 Å². The minimum atomic E-state index is -0.859. The zero-order valence-corrected chi connectivity index (χ0v) is 12.0. The van der Waals surface area contributed by atoms with Gasteiger partial charge in [-0.25, -0.2) is 9.82 Å². The lowest BCUT2D eigenvalue weighted by atomic mass is 10.0. The van der Waals surface area contributed by atoms with Gasteiger partial charge >= 0.3 is 5.97 Å². The van der Waals surface area contributed by atoms with Gasteiger partial charge in [0.2, 0.25) is 5.88 Å². The average Bonchev–Trinajstić information content (AvgIpc) is 2.93. The van der Waals surface area contributed by atoms with Crippen LogP contribution < -0.4 is 9.57 Å². The Kier molecular flexibility index (Phi) is 5.54. The number of carboxylic acids is 1. The Labute approximate surface area is 127 Å². The van der Waals surface area contributed by atoms with E-state index in [2.05, 4.69) is 9.82 Å². The summed E-state index contributed by atoms with van der Waals surface area (Å²) in [6, 6.07) is 13.5. The predicted octanol–water partition coefficient (Wildman–Crippen LogP) is 2.57. The third kappa shape index (κ3) is 4.18. The molecule has 2 heterocycles. The second-order valence-corrected chi connectivity index (χ2v) is 4.66. The van der Waals surface area contributed by atoms with Crippen molar-refractivity contribution in [3.63, 3.8) is 0 Å². The molecule has 0 bridgehead atoms. The highest BCUT2D eigenvalue weighted by molar-refractivity contribution is 6.13. The van der Waals surface area contributed by atoms with Crippen molar-refractivity contribution in [3.8, 4) is 5.88 Å². The molecule has 1 aromatic heterocycles. The third-order valence-electron chi connectivity index (χ3n) is 2.97. The molecule has 6 heteroatoms. The molecular weight excluding hydrogens is 292 g/mol. The molecule has 1 atom stereocenters. The Bertz CT molecular complexity index is 592. The highest BCUT2D eigenvalue weighted by atomic mass is 35.5. The van der Waals surface area contributed by atoms with Crippen molar-refractivity contribution in [2.45, 2.75) is 12.5 Å². The molecule has 3 rings (SSSR count). The van der Waals surface area contributed by atoms with Gasteiger partial charge in [0.1, 0.15) is 12.5 Å². The van der Waals surface area contributed by atoms with E-state index in [4.69, 9.17) is 21.6 Å². The Morgan fingerprint density at radius 1 is 1.33 bits per heavy atom. The Balaban J connectivity index is 0.000000161. The largest absolute Gasteiger partial charge is 0.481 e. The van der Waals surface area contributed by atoms with Crippen LogP contribution in [0.5, 0.6) is 5.88 Å². The summed E-state index contributed by atoms with van der Waals surface area (Å²) in [5.41, 5.74) is 1.87. The Morgan fingerprint density at radius 3 is 2.76 bits per heavy atom. The summed E-state index contributed by atoms with van der Waals surface area (Å²) in [4.78, 5) is 17.1. The predicted molar refractivity (Wildman–Crippen MR) is 79.2 cm³/mol. The quantitative estimate of drug-likeness (QED) is 0.853. The van der Waals surface area contributed by atoms with Crippen LogP contribution in [0.25, 0.3) is 0 Å². The first-order valence-corrected chi connectivity index (χ1v) is 6.78. The van der Waals surface area contributed by atoms with Crippen molar-refractivity contribution >= 4 is 17.7 Å².